The maximum atomic E-state index is 12.7. The fourth-order valence-corrected chi connectivity index (χ4v) is 2.21. The summed E-state index contributed by atoms with van der Waals surface area (Å²) < 4.78 is 12.7. The third-order valence-corrected chi connectivity index (χ3v) is 3.42. The highest BCUT2D eigenvalue weighted by Gasteiger charge is 2.32. The van der Waals surface area contributed by atoms with Crippen molar-refractivity contribution >= 4 is 11.8 Å². The SMILES string of the molecule is CN1C(=O)CCC1C(=O)NCCc1ccc(F)cc1. The second-order valence-electron chi connectivity index (χ2n) is 4.73. The van der Waals surface area contributed by atoms with Crippen molar-refractivity contribution in [3.63, 3.8) is 0 Å². The predicted molar refractivity (Wildman–Crippen MR) is 68.9 cm³/mol. The molecule has 2 amide bonds. The number of halogens is 1. The van der Waals surface area contributed by atoms with Gasteiger partial charge in [-0.1, -0.05) is 12.1 Å². The van der Waals surface area contributed by atoms with Gasteiger partial charge in [-0.2, -0.15) is 0 Å². The molecule has 1 aliphatic heterocycles. The van der Waals surface area contributed by atoms with E-state index in [0.29, 0.717) is 25.8 Å². The average molecular weight is 264 g/mol. The smallest absolute Gasteiger partial charge is 0.242 e. The Morgan fingerprint density at radius 1 is 1.42 bits per heavy atom. The highest BCUT2D eigenvalue weighted by atomic mass is 19.1. The molecule has 1 N–H and O–H groups in total. The van der Waals surface area contributed by atoms with Gasteiger partial charge in [-0.05, 0) is 30.5 Å². The van der Waals surface area contributed by atoms with Crippen LogP contribution in [0.15, 0.2) is 24.3 Å². The lowest BCUT2D eigenvalue weighted by Gasteiger charge is -2.19. The number of nitrogens with one attached hydrogen (secondary N) is 1. The van der Waals surface area contributed by atoms with Crippen LogP contribution in [0, 0.1) is 5.82 Å². The largest absolute Gasteiger partial charge is 0.354 e. The predicted octanol–water partition coefficient (Wildman–Crippen LogP) is 1.11. The van der Waals surface area contributed by atoms with Crippen LogP contribution in [-0.4, -0.2) is 36.3 Å². The van der Waals surface area contributed by atoms with Gasteiger partial charge in [0.05, 0.1) is 0 Å². The van der Waals surface area contributed by atoms with Gasteiger partial charge < -0.3 is 10.2 Å². The van der Waals surface area contributed by atoms with Gasteiger partial charge in [-0.3, -0.25) is 9.59 Å². The van der Waals surface area contributed by atoms with E-state index in [1.165, 1.54) is 17.0 Å². The number of likely N-dealkylation sites (N-methyl/N-ethyl adjacent to an activating group) is 1. The molecule has 1 aliphatic rings. The Morgan fingerprint density at radius 3 is 2.68 bits per heavy atom. The van der Waals surface area contributed by atoms with Crippen LogP contribution in [0.25, 0.3) is 0 Å². The Bertz CT molecular complexity index is 473. The number of carbonyl (C=O) groups excluding carboxylic acids is 2. The minimum atomic E-state index is -0.347. The summed E-state index contributed by atoms with van der Waals surface area (Å²) in [6, 6.07) is 5.86. The molecule has 19 heavy (non-hydrogen) atoms. The Morgan fingerprint density at radius 2 is 2.11 bits per heavy atom. The summed E-state index contributed by atoms with van der Waals surface area (Å²) in [6.45, 7) is 0.489. The number of rotatable bonds is 4. The Balaban J connectivity index is 1.78. The summed E-state index contributed by atoms with van der Waals surface area (Å²) in [5.41, 5.74) is 0.970. The number of benzene rings is 1. The number of likely N-dealkylation sites (tertiary alicyclic amines) is 1. The van der Waals surface area contributed by atoms with Crippen molar-refractivity contribution in [1.29, 1.82) is 0 Å². The number of hydrogen-bond acceptors (Lipinski definition) is 2. The highest BCUT2D eigenvalue weighted by molar-refractivity contribution is 5.90. The number of hydrogen-bond donors (Lipinski definition) is 1. The van der Waals surface area contributed by atoms with Crippen molar-refractivity contribution in [2.24, 2.45) is 0 Å². The van der Waals surface area contributed by atoms with Crippen LogP contribution in [-0.2, 0) is 16.0 Å². The minimum absolute atomic E-state index is 0.0127. The van der Waals surface area contributed by atoms with Crippen LogP contribution in [0.5, 0.6) is 0 Å². The molecule has 0 radical (unpaired) electrons. The lowest BCUT2D eigenvalue weighted by atomic mass is 10.1. The van der Waals surface area contributed by atoms with Gasteiger partial charge in [0.25, 0.3) is 0 Å². The van der Waals surface area contributed by atoms with Gasteiger partial charge in [0.15, 0.2) is 0 Å². The number of amides is 2. The van der Waals surface area contributed by atoms with Crippen molar-refractivity contribution in [2.45, 2.75) is 25.3 Å². The van der Waals surface area contributed by atoms with Crippen LogP contribution in [0.2, 0.25) is 0 Å². The van der Waals surface area contributed by atoms with E-state index in [2.05, 4.69) is 5.32 Å². The number of carbonyl (C=O) groups is 2. The van der Waals surface area contributed by atoms with E-state index < -0.39 is 0 Å². The van der Waals surface area contributed by atoms with E-state index in [9.17, 15) is 14.0 Å². The molecule has 1 heterocycles. The Hall–Kier alpha value is -1.91. The van der Waals surface area contributed by atoms with Crippen molar-refractivity contribution in [3.05, 3.63) is 35.6 Å². The van der Waals surface area contributed by atoms with Crippen LogP contribution < -0.4 is 5.32 Å². The summed E-state index contributed by atoms with van der Waals surface area (Å²) in [7, 11) is 1.65. The molecule has 1 aromatic rings. The zero-order valence-corrected chi connectivity index (χ0v) is 10.9. The molecule has 4 nitrogen and oxygen atoms in total. The van der Waals surface area contributed by atoms with Crippen LogP contribution in [0.3, 0.4) is 0 Å². The minimum Gasteiger partial charge on any atom is -0.354 e. The molecule has 1 aromatic carbocycles. The van der Waals surface area contributed by atoms with Gasteiger partial charge in [0, 0.05) is 20.0 Å². The lowest BCUT2D eigenvalue weighted by Crippen LogP contribution is -2.43. The van der Waals surface area contributed by atoms with E-state index in [1.54, 1.807) is 19.2 Å². The van der Waals surface area contributed by atoms with Gasteiger partial charge in [0.1, 0.15) is 11.9 Å². The fraction of sp³-hybridized carbons (Fsp3) is 0.429. The van der Waals surface area contributed by atoms with Crippen molar-refractivity contribution in [3.8, 4) is 0 Å². The second kappa shape index (κ2) is 5.82. The Kier molecular flexibility index (Phi) is 4.14. The van der Waals surface area contributed by atoms with Gasteiger partial charge >= 0.3 is 0 Å². The lowest BCUT2D eigenvalue weighted by molar-refractivity contribution is -0.133. The monoisotopic (exact) mass is 264 g/mol. The molecule has 1 unspecified atom stereocenters. The molecule has 5 heteroatoms. The molecule has 1 atom stereocenters. The zero-order chi connectivity index (χ0) is 13.8. The molecule has 0 spiro atoms. The van der Waals surface area contributed by atoms with E-state index >= 15 is 0 Å². The summed E-state index contributed by atoms with van der Waals surface area (Å²) in [4.78, 5) is 24.7. The normalized spacial score (nSPS) is 18.7. The first-order valence-electron chi connectivity index (χ1n) is 6.36. The van der Waals surface area contributed by atoms with E-state index in [-0.39, 0.29) is 23.7 Å². The van der Waals surface area contributed by atoms with Gasteiger partial charge in [-0.25, -0.2) is 4.39 Å². The molecule has 0 aromatic heterocycles. The van der Waals surface area contributed by atoms with Crippen LogP contribution in [0.4, 0.5) is 4.39 Å². The molecule has 1 fully saturated rings. The molecule has 0 aliphatic carbocycles. The first-order chi connectivity index (χ1) is 9.08. The third-order valence-electron chi connectivity index (χ3n) is 3.42. The Labute approximate surface area is 111 Å². The van der Waals surface area contributed by atoms with E-state index in [0.717, 1.165) is 5.56 Å². The second-order valence-corrected chi connectivity index (χ2v) is 4.73. The quantitative estimate of drug-likeness (QED) is 0.885. The molecule has 0 bridgehead atoms. The summed E-state index contributed by atoms with van der Waals surface area (Å²) in [5, 5.41) is 2.81. The molecule has 102 valence electrons. The topological polar surface area (TPSA) is 49.4 Å². The summed E-state index contributed by atoms with van der Waals surface area (Å²) >= 11 is 0. The maximum Gasteiger partial charge on any atom is 0.242 e. The van der Waals surface area contributed by atoms with Crippen LogP contribution >= 0.6 is 0 Å². The first-order valence-corrected chi connectivity index (χ1v) is 6.36. The van der Waals surface area contributed by atoms with Crippen LogP contribution in [0.1, 0.15) is 18.4 Å². The standard InChI is InChI=1S/C14H17FN2O2/c1-17-12(6-7-13(17)18)14(19)16-9-8-10-2-4-11(15)5-3-10/h2-5,12H,6-9H2,1H3,(H,16,19). The third kappa shape index (κ3) is 3.30. The van der Waals surface area contributed by atoms with Gasteiger partial charge in [0.2, 0.25) is 11.8 Å². The van der Waals surface area contributed by atoms with E-state index in [4.69, 9.17) is 0 Å². The molecular formula is C14H17FN2O2. The summed E-state index contributed by atoms with van der Waals surface area (Å²) in [6.07, 6.45) is 1.67. The average Bonchev–Trinajstić information content (AvgIpc) is 2.72. The van der Waals surface area contributed by atoms with E-state index in [1.807, 2.05) is 0 Å². The van der Waals surface area contributed by atoms with Crippen molar-refractivity contribution < 1.29 is 14.0 Å². The summed E-state index contributed by atoms with van der Waals surface area (Å²) in [5.74, 6) is -0.368. The molecule has 0 saturated carbocycles. The molecule has 2 rings (SSSR count). The highest BCUT2D eigenvalue weighted by Crippen LogP contribution is 2.16. The van der Waals surface area contributed by atoms with Crippen molar-refractivity contribution in [2.75, 3.05) is 13.6 Å². The first kappa shape index (κ1) is 13.5. The van der Waals surface area contributed by atoms with Gasteiger partial charge in [-0.15, -0.1) is 0 Å². The zero-order valence-electron chi connectivity index (χ0n) is 10.9. The number of nitrogens with zero attached hydrogens (tertiary/aromatic N) is 1. The molecule has 1 saturated heterocycles. The maximum absolute atomic E-state index is 12.7. The fourth-order valence-electron chi connectivity index (χ4n) is 2.21. The molecular weight excluding hydrogens is 247 g/mol. The van der Waals surface area contributed by atoms with Crippen molar-refractivity contribution in [1.82, 2.24) is 10.2 Å².